The van der Waals surface area contributed by atoms with Gasteiger partial charge in [-0.3, -0.25) is 0 Å². The minimum absolute atomic E-state index is 0. The second-order valence-corrected chi connectivity index (χ2v) is 7.45. The lowest BCUT2D eigenvalue weighted by Gasteiger charge is -2.28. The van der Waals surface area contributed by atoms with Crippen LogP contribution in [-0.2, 0) is 19.7 Å². The van der Waals surface area contributed by atoms with E-state index >= 15 is 0 Å². The molecule has 0 saturated carbocycles. The van der Waals surface area contributed by atoms with E-state index in [0.29, 0.717) is 45.2 Å². The summed E-state index contributed by atoms with van der Waals surface area (Å²) in [5, 5.41) is 0. The number of nitrogens with zero attached hydrogens (tertiary/aromatic N) is 2. The van der Waals surface area contributed by atoms with Crippen LogP contribution in [0.3, 0.4) is 0 Å². The molecule has 0 fully saturated rings. The zero-order valence-electron chi connectivity index (χ0n) is 14.3. The molecule has 7 nitrogen and oxygen atoms in total. The molecule has 0 aromatic rings. The van der Waals surface area contributed by atoms with E-state index in [1.807, 2.05) is 13.8 Å². The maximum absolute atomic E-state index is 12.5. The van der Waals surface area contributed by atoms with Gasteiger partial charge in [-0.1, -0.05) is 13.8 Å². The van der Waals surface area contributed by atoms with E-state index in [4.69, 9.17) is 15.2 Å². The van der Waals surface area contributed by atoms with Crippen LogP contribution >= 0.6 is 12.4 Å². The van der Waals surface area contributed by atoms with Crippen molar-refractivity contribution in [2.75, 3.05) is 54.1 Å². The molecule has 0 aliphatic rings. The molecule has 0 radical (unpaired) electrons. The molecule has 0 rings (SSSR count). The quantitative estimate of drug-likeness (QED) is 0.548. The molecule has 0 heterocycles. The average Bonchev–Trinajstić information content (AvgIpc) is 2.43. The molecule has 0 aromatic carbocycles. The molecule has 1 atom stereocenters. The van der Waals surface area contributed by atoms with E-state index in [-0.39, 0.29) is 18.4 Å². The van der Waals surface area contributed by atoms with Crippen molar-refractivity contribution in [1.82, 2.24) is 8.61 Å². The van der Waals surface area contributed by atoms with Gasteiger partial charge >= 0.3 is 0 Å². The molecule has 0 aromatic heterocycles. The summed E-state index contributed by atoms with van der Waals surface area (Å²) in [7, 11) is 1.16. The number of hydrogen-bond acceptors (Lipinski definition) is 5. The van der Waals surface area contributed by atoms with Gasteiger partial charge in [-0.2, -0.15) is 17.0 Å². The number of rotatable bonds is 12. The summed E-state index contributed by atoms with van der Waals surface area (Å²) >= 11 is 0. The molecule has 9 heteroatoms. The average molecular weight is 362 g/mol. The van der Waals surface area contributed by atoms with E-state index in [2.05, 4.69) is 0 Å². The van der Waals surface area contributed by atoms with Gasteiger partial charge < -0.3 is 15.2 Å². The smallest absolute Gasteiger partial charge is 0.281 e. The van der Waals surface area contributed by atoms with Crippen LogP contribution in [0.15, 0.2) is 0 Å². The fraction of sp³-hybridized carbons (Fsp3) is 1.00. The lowest BCUT2D eigenvalue weighted by molar-refractivity contribution is 0.147. The Kier molecular flexibility index (Phi) is 13.8. The Labute approximate surface area is 141 Å². The first-order chi connectivity index (χ1) is 9.77. The number of methoxy groups -OCH3 is 2. The van der Waals surface area contributed by atoms with Crippen molar-refractivity contribution in [2.45, 2.75) is 26.3 Å². The van der Waals surface area contributed by atoms with Crippen LogP contribution in [0.1, 0.15) is 20.3 Å². The van der Waals surface area contributed by atoms with E-state index in [1.165, 1.54) is 8.61 Å². The van der Waals surface area contributed by atoms with Crippen LogP contribution in [0.4, 0.5) is 0 Å². The van der Waals surface area contributed by atoms with Crippen molar-refractivity contribution >= 4 is 22.6 Å². The first kappa shape index (κ1) is 24.3. The lowest BCUT2D eigenvalue weighted by Crippen LogP contribution is -2.46. The molecule has 22 heavy (non-hydrogen) atoms. The number of halogens is 1. The van der Waals surface area contributed by atoms with E-state index in [9.17, 15) is 8.42 Å². The van der Waals surface area contributed by atoms with Gasteiger partial charge in [0.15, 0.2) is 0 Å². The minimum atomic E-state index is -3.52. The van der Waals surface area contributed by atoms with Gasteiger partial charge in [-0.05, 0) is 12.3 Å². The maximum Gasteiger partial charge on any atom is 0.281 e. The number of ether oxygens (including phenoxy) is 2. The molecule has 0 aliphatic carbocycles. The highest BCUT2D eigenvalue weighted by molar-refractivity contribution is 7.86. The SMILES string of the molecule is COCCN(CCOC)S(=O)(=O)N(C)CCC(N)C(C)C.Cl. The summed E-state index contributed by atoms with van der Waals surface area (Å²) in [6.07, 6.45) is 0.635. The predicted octanol–water partition coefficient (Wildman–Crippen LogP) is 0.553. The van der Waals surface area contributed by atoms with Crippen molar-refractivity contribution in [2.24, 2.45) is 11.7 Å². The predicted molar refractivity (Wildman–Crippen MR) is 91.6 cm³/mol. The molecular formula is C13H32ClN3O4S. The fourth-order valence-electron chi connectivity index (χ4n) is 1.71. The Morgan fingerprint density at radius 2 is 1.50 bits per heavy atom. The standard InChI is InChI=1S/C13H31N3O4S.ClH/c1-12(2)13(14)6-7-15(3)21(17,18)16(8-10-19-4)9-11-20-5;/h12-13H,6-11,14H2,1-5H3;1H. The van der Waals surface area contributed by atoms with Gasteiger partial charge in [-0.15, -0.1) is 12.4 Å². The number of nitrogens with two attached hydrogens (primary N) is 1. The third-order valence-electron chi connectivity index (χ3n) is 3.44. The van der Waals surface area contributed by atoms with Crippen LogP contribution in [0.25, 0.3) is 0 Å². The Hall–Kier alpha value is 0.0400. The molecule has 2 N–H and O–H groups in total. The summed E-state index contributed by atoms with van der Waals surface area (Å²) in [4.78, 5) is 0. The fourth-order valence-corrected chi connectivity index (χ4v) is 3.05. The molecule has 0 aliphatic heterocycles. The number of hydrogen-bond donors (Lipinski definition) is 1. The van der Waals surface area contributed by atoms with Crippen molar-refractivity contribution in [1.29, 1.82) is 0 Å². The highest BCUT2D eigenvalue weighted by Gasteiger charge is 2.26. The van der Waals surface area contributed by atoms with Crippen molar-refractivity contribution in [3.63, 3.8) is 0 Å². The largest absolute Gasteiger partial charge is 0.383 e. The third kappa shape index (κ3) is 8.61. The Morgan fingerprint density at radius 1 is 1.05 bits per heavy atom. The molecule has 136 valence electrons. The monoisotopic (exact) mass is 361 g/mol. The van der Waals surface area contributed by atoms with Crippen molar-refractivity contribution in [3.05, 3.63) is 0 Å². The van der Waals surface area contributed by atoms with Crippen LogP contribution in [0.2, 0.25) is 0 Å². The lowest BCUT2D eigenvalue weighted by atomic mass is 10.0. The highest BCUT2D eigenvalue weighted by atomic mass is 35.5. The third-order valence-corrected chi connectivity index (χ3v) is 5.43. The Balaban J connectivity index is 0. The molecular weight excluding hydrogens is 330 g/mol. The normalized spacial score (nSPS) is 13.7. The van der Waals surface area contributed by atoms with Gasteiger partial charge in [0, 0.05) is 46.9 Å². The summed E-state index contributed by atoms with van der Waals surface area (Å²) in [6.45, 7) is 5.78. The molecule has 0 saturated heterocycles. The van der Waals surface area contributed by atoms with Crippen molar-refractivity contribution < 1.29 is 17.9 Å². The van der Waals surface area contributed by atoms with E-state index in [1.54, 1.807) is 21.3 Å². The zero-order chi connectivity index (χ0) is 16.5. The van der Waals surface area contributed by atoms with Gasteiger partial charge in [0.1, 0.15) is 0 Å². The summed E-state index contributed by atoms with van der Waals surface area (Å²) < 4.78 is 37.7. The van der Waals surface area contributed by atoms with E-state index < -0.39 is 10.2 Å². The second kappa shape index (κ2) is 12.5. The molecule has 1 unspecified atom stereocenters. The minimum Gasteiger partial charge on any atom is -0.383 e. The maximum atomic E-state index is 12.5. The van der Waals surface area contributed by atoms with Gasteiger partial charge in [0.25, 0.3) is 10.2 Å². The molecule has 0 amide bonds. The van der Waals surface area contributed by atoms with Gasteiger partial charge in [-0.25, -0.2) is 0 Å². The Bertz CT molecular complexity index is 360. The first-order valence-electron chi connectivity index (χ1n) is 7.22. The van der Waals surface area contributed by atoms with Gasteiger partial charge in [0.05, 0.1) is 13.2 Å². The summed E-state index contributed by atoms with van der Waals surface area (Å²) in [5.74, 6) is 0.333. The van der Waals surface area contributed by atoms with Gasteiger partial charge in [0.2, 0.25) is 0 Å². The van der Waals surface area contributed by atoms with Crippen LogP contribution in [0.5, 0.6) is 0 Å². The first-order valence-corrected chi connectivity index (χ1v) is 8.61. The summed E-state index contributed by atoms with van der Waals surface area (Å²) in [5.41, 5.74) is 5.97. The Morgan fingerprint density at radius 3 is 1.86 bits per heavy atom. The van der Waals surface area contributed by atoms with Crippen LogP contribution in [-0.4, -0.2) is 77.2 Å². The second-order valence-electron chi connectivity index (χ2n) is 5.41. The molecule has 0 spiro atoms. The summed E-state index contributed by atoms with van der Waals surface area (Å²) in [6, 6.07) is -0.00551. The van der Waals surface area contributed by atoms with E-state index in [0.717, 1.165) is 0 Å². The molecule has 0 bridgehead atoms. The van der Waals surface area contributed by atoms with Crippen molar-refractivity contribution in [3.8, 4) is 0 Å². The highest BCUT2D eigenvalue weighted by Crippen LogP contribution is 2.10. The topological polar surface area (TPSA) is 85.1 Å². The van der Waals surface area contributed by atoms with Crippen LogP contribution < -0.4 is 5.73 Å². The zero-order valence-corrected chi connectivity index (χ0v) is 16.0. The van der Waals surface area contributed by atoms with Crippen LogP contribution in [0, 0.1) is 5.92 Å².